The summed E-state index contributed by atoms with van der Waals surface area (Å²) in [6.07, 6.45) is 11.1. The molecule has 1 aliphatic carbocycles. The second-order valence-corrected chi connectivity index (χ2v) is 6.38. The molecule has 0 amide bonds. The zero-order valence-corrected chi connectivity index (χ0v) is 13.4. The van der Waals surface area contributed by atoms with Crippen molar-refractivity contribution in [3.63, 3.8) is 0 Å². The lowest BCUT2D eigenvalue weighted by molar-refractivity contribution is 0.168. The van der Waals surface area contributed by atoms with E-state index in [4.69, 9.17) is 0 Å². The Morgan fingerprint density at radius 3 is 1.94 bits per heavy atom. The lowest BCUT2D eigenvalue weighted by Gasteiger charge is -2.34. The zero-order valence-electron chi connectivity index (χ0n) is 11.8. The van der Waals surface area contributed by atoms with E-state index >= 15 is 0 Å². The van der Waals surface area contributed by atoms with Crippen LogP contribution >= 0.6 is 15.9 Å². The van der Waals surface area contributed by atoms with E-state index in [1.54, 1.807) is 0 Å². The van der Waals surface area contributed by atoms with Gasteiger partial charge in [0.2, 0.25) is 0 Å². The fourth-order valence-corrected chi connectivity index (χ4v) is 3.70. The number of hydrogen-bond acceptors (Lipinski definition) is 1. The average molecular weight is 304 g/mol. The first-order valence-electron chi connectivity index (χ1n) is 7.54. The quantitative estimate of drug-likeness (QED) is 0.551. The highest BCUT2D eigenvalue weighted by Crippen LogP contribution is 2.40. The van der Waals surface area contributed by atoms with Crippen molar-refractivity contribution in [3.8, 4) is 0 Å². The summed E-state index contributed by atoms with van der Waals surface area (Å²) < 4.78 is 0. The van der Waals surface area contributed by atoms with Crippen LogP contribution in [0.4, 0.5) is 0 Å². The summed E-state index contributed by atoms with van der Waals surface area (Å²) in [6.45, 7) is 8.55. The Labute approximate surface area is 116 Å². The van der Waals surface area contributed by atoms with E-state index in [9.17, 15) is 0 Å². The topological polar surface area (TPSA) is 3.24 Å². The van der Waals surface area contributed by atoms with E-state index in [0.29, 0.717) is 5.41 Å². The van der Waals surface area contributed by atoms with Crippen LogP contribution < -0.4 is 0 Å². The Bertz CT molecular complexity index is 179. The van der Waals surface area contributed by atoms with Gasteiger partial charge in [0.05, 0.1) is 0 Å². The Balaban J connectivity index is 2.44. The first-order chi connectivity index (χ1) is 8.26. The molecule has 0 N–H and O–H groups in total. The molecule has 1 aliphatic rings. The molecule has 0 spiro atoms. The molecule has 1 nitrogen and oxygen atoms in total. The van der Waals surface area contributed by atoms with Gasteiger partial charge in [0.25, 0.3) is 0 Å². The summed E-state index contributed by atoms with van der Waals surface area (Å²) >= 11 is 3.77. The van der Waals surface area contributed by atoms with Crippen LogP contribution in [-0.4, -0.2) is 29.9 Å². The third-order valence-corrected chi connectivity index (χ3v) is 5.35. The largest absolute Gasteiger partial charge is 0.303 e. The van der Waals surface area contributed by atoms with Crippen LogP contribution in [0.25, 0.3) is 0 Å². The standard InChI is InChI=1S/C15H30BrN/c1-3-5-11-17(12-6-4-2)14-15(13-16)9-7-8-10-15/h3-14H2,1-2H3. The Kier molecular flexibility index (Phi) is 7.77. The van der Waals surface area contributed by atoms with E-state index in [2.05, 4.69) is 34.7 Å². The molecule has 1 saturated carbocycles. The van der Waals surface area contributed by atoms with Gasteiger partial charge in [0.1, 0.15) is 0 Å². The highest BCUT2D eigenvalue weighted by molar-refractivity contribution is 9.09. The third kappa shape index (κ3) is 5.30. The van der Waals surface area contributed by atoms with Crippen molar-refractivity contribution < 1.29 is 0 Å². The van der Waals surface area contributed by atoms with Gasteiger partial charge >= 0.3 is 0 Å². The van der Waals surface area contributed by atoms with Crippen LogP contribution in [0.2, 0.25) is 0 Å². The first-order valence-corrected chi connectivity index (χ1v) is 8.67. The fourth-order valence-electron chi connectivity index (χ4n) is 2.97. The molecule has 0 atom stereocenters. The smallest absolute Gasteiger partial charge is 0.0100 e. The van der Waals surface area contributed by atoms with Crippen LogP contribution in [0, 0.1) is 5.41 Å². The molecule has 17 heavy (non-hydrogen) atoms. The van der Waals surface area contributed by atoms with Crippen molar-refractivity contribution in [1.29, 1.82) is 0 Å². The zero-order chi connectivity index (χ0) is 12.6. The molecule has 0 aromatic carbocycles. The van der Waals surface area contributed by atoms with Gasteiger partial charge in [0, 0.05) is 11.9 Å². The van der Waals surface area contributed by atoms with E-state index in [0.717, 1.165) is 0 Å². The molecule has 0 saturated heterocycles. The second-order valence-electron chi connectivity index (χ2n) is 5.82. The number of halogens is 1. The van der Waals surface area contributed by atoms with Gasteiger partial charge in [-0.2, -0.15) is 0 Å². The molecule has 0 bridgehead atoms. The maximum atomic E-state index is 3.77. The first kappa shape index (κ1) is 15.5. The Hall–Kier alpha value is 0.440. The van der Waals surface area contributed by atoms with Crippen molar-refractivity contribution in [2.75, 3.05) is 25.0 Å². The van der Waals surface area contributed by atoms with Crippen LogP contribution in [0.3, 0.4) is 0 Å². The van der Waals surface area contributed by atoms with Crippen molar-refractivity contribution in [2.24, 2.45) is 5.41 Å². The summed E-state index contributed by atoms with van der Waals surface area (Å²) in [4.78, 5) is 2.74. The molecule has 0 aromatic heterocycles. The summed E-state index contributed by atoms with van der Waals surface area (Å²) in [5.74, 6) is 0. The van der Waals surface area contributed by atoms with Gasteiger partial charge in [-0.15, -0.1) is 0 Å². The van der Waals surface area contributed by atoms with Gasteiger partial charge in [-0.05, 0) is 44.2 Å². The lowest BCUT2D eigenvalue weighted by atomic mass is 9.88. The molecule has 0 unspecified atom stereocenters. The molecule has 2 heteroatoms. The molecule has 0 radical (unpaired) electrons. The molecule has 0 aliphatic heterocycles. The molecule has 0 aromatic rings. The van der Waals surface area contributed by atoms with Crippen molar-refractivity contribution in [2.45, 2.75) is 65.2 Å². The van der Waals surface area contributed by atoms with Crippen molar-refractivity contribution in [1.82, 2.24) is 4.90 Å². The van der Waals surface area contributed by atoms with Crippen LogP contribution in [-0.2, 0) is 0 Å². The molecule has 0 heterocycles. The van der Waals surface area contributed by atoms with Gasteiger partial charge in [-0.3, -0.25) is 0 Å². The Morgan fingerprint density at radius 2 is 1.53 bits per heavy atom. The maximum Gasteiger partial charge on any atom is 0.0100 e. The van der Waals surface area contributed by atoms with E-state index < -0.39 is 0 Å². The minimum atomic E-state index is 0.599. The van der Waals surface area contributed by atoms with Gasteiger partial charge in [0.15, 0.2) is 0 Å². The fraction of sp³-hybridized carbons (Fsp3) is 1.00. The van der Waals surface area contributed by atoms with Crippen LogP contribution in [0.1, 0.15) is 65.2 Å². The minimum absolute atomic E-state index is 0.599. The maximum absolute atomic E-state index is 3.77. The van der Waals surface area contributed by atoms with Gasteiger partial charge < -0.3 is 4.90 Å². The van der Waals surface area contributed by atoms with E-state index in [1.807, 2.05) is 0 Å². The predicted octanol–water partition coefficient (Wildman–Crippen LogP) is 4.84. The molecular formula is C15H30BrN. The summed E-state index contributed by atoms with van der Waals surface area (Å²) in [7, 11) is 0. The highest BCUT2D eigenvalue weighted by atomic mass is 79.9. The van der Waals surface area contributed by atoms with Crippen molar-refractivity contribution >= 4 is 15.9 Å². The SMILES string of the molecule is CCCCN(CCCC)CC1(CBr)CCCC1. The van der Waals surface area contributed by atoms with Gasteiger partial charge in [-0.25, -0.2) is 0 Å². The summed E-state index contributed by atoms with van der Waals surface area (Å²) in [5.41, 5.74) is 0.599. The molecule has 1 fully saturated rings. The molecule has 102 valence electrons. The second kappa shape index (κ2) is 8.53. The van der Waals surface area contributed by atoms with Gasteiger partial charge in [-0.1, -0.05) is 55.5 Å². The Morgan fingerprint density at radius 1 is 1.00 bits per heavy atom. The summed E-state index contributed by atoms with van der Waals surface area (Å²) in [5, 5.41) is 1.20. The van der Waals surface area contributed by atoms with E-state index in [-0.39, 0.29) is 0 Å². The number of rotatable bonds is 9. The van der Waals surface area contributed by atoms with Crippen LogP contribution in [0.15, 0.2) is 0 Å². The summed E-state index contributed by atoms with van der Waals surface area (Å²) in [6, 6.07) is 0. The lowest BCUT2D eigenvalue weighted by Crippen LogP contribution is -2.38. The number of nitrogens with zero attached hydrogens (tertiary/aromatic N) is 1. The molecular weight excluding hydrogens is 274 g/mol. The third-order valence-electron chi connectivity index (χ3n) is 4.16. The minimum Gasteiger partial charge on any atom is -0.303 e. The number of alkyl halides is 1. The highest BCUT2D eigenvalue weighted by Gasteiger charge is 2.34. The monoisotopic (exact) mass is 303 g/mol. The normalized spacial score (nSPS) is 19.1. The number of unbranched alkanes of at least 4 members (excludes halogenated alkanes) is 2. The number of hydrogen-bond donors (Lipinski definition) is 0. The molecule has 1 rings (SSSR count). The van der Waals surface area contributed by atoms with Crippen LogP contribution in [0.5, 0.6) is 0 Å². The van der Waals surface area contributed by atoms with E-state index in [1.165, 1.54) is 76.3 Å². The van der Waals surface area contributed by atoms with Crippen molar-refractivity contribution in [3.05, 3.63) is 0 Å². The predicted molar refractivity (Wildman–Crippen MR) is 81.0 cm³/mol. The average Bonchev–Trinajstić information content (AvgIpc) is 2.82.